The van der Waals surface area contributed by atoms with Crippen LogP contribution in [0.25, 0.3) is 11.2 Å². The van der Waals surface area contributed by atoms with E-state index in [2.05, 4.69) is 25.3 Å². The van der Waals surface area contributed by atoms with Crippen LogP contribution >= 0.6 is 0 Å². The van der Waals surface area contributed by atoms with E-state index in [0.29, 0.717) is 17.2 Å². The minimum Gasteiger partial charge on any atom is -0.317 e. The van der Waals surface area contributed by atoms with Crippen LogP contribution in [0.15, 0.2) is 42.9 Å². The van der Waals surface area contributed by atoms with E-state index >= 15 is 0 Å². The molecule has 0 unspecified atom stereocenters. The number of rotatable bonds is 2. The molecular weight excluding hydrogens is 230 g/mol. The zero-order valence-electron chi connectivity index (χ0n) is 9.34. The molecule has 3 aromatic rings. The summed E-state index contributed by atoms with van der Waals surface area (Å²) in [6.45, 7) is 0. The largest absolute Gasteiger partial charge is 0.317 e. The predicted molar refractivity (Wildman–Crippen MR) is 64.8 cm³/mol. The van der Waals surface area contributed by atoms with Crippen molar-refractivity contribution in [1.29, 1.82) is 0 Å². The highest BCUT2D eigenvalue weighted by Gasteiger charge is 2.11. The number of imidazole rings is 1. The molecule has 2 heterocycles. The summed E-state index contributed by atoms with van der Waals surface area (Å²) in [5, 5.41) is 2.69. The Morgan fingerprint density at radius 3 is 2.89 bits per heavy atom. The van der Waals surface area contributed by atoms with Crippen molar-refractivity contribution in [2.75, 3.05) is 5.32 Å². The van der Waals surface area contributed by atoms with Crippen LogP contribution in [0.1, 0.15) is 10.4 Å². The number of fused-ring (bicyclic) bond motifs is 1. The molecule has 1 amide bonds. The average molecular weight is 240 g/mol. The zero-order valence-corrected chi connectivity index (χ0v) is 9.34. The van der Waals surface area contributed by atoms with Crippen LogP contribution in [0.3, 0.4) is 0 Å². The van der Waals surface area contributed by atoms with Crippen molar-refractivity contribution in [2.45, 2.75) is 0 Å². The Kier molecular flexibility index (Phi) is 2.45. The number of carbonyl (C=O) groups excluding carboxylic acids is 1. The number of nitrogens with one attached hydrogen (secondary N) is 3. The second-order valence-corrected chi connectivity index (χ2v) is 3.71. The number of aromatic amines is 2. The van der Waals surface area contributed by atoms with Gasteiger partial charge in [0.1, 0.15) is 6.20 Å². The zero-order chi connectivity index (χ0) is 12.4. The smallest absolute Gasteiger partial charge is 0.296 e. The number of benzene rings is 1. The molecule has 0 radical (unpaired) electrons. The first-order valence-corrected chi connectivity index (χ1v) is 5.41. The van der Waals surface area contributed by atoms with Gasteiger partial charge in [-0.1, -0.05) is 18.2 Å². The van der Waals surface area contributed by atoms with Gasteiger partial charge in [0, 0.05) is 5.56 Å². The minimum absolute atomic E-state index is 0.210. The van der Waals surface area contributed by atoms with E-state index in [1.807, 2.05) is 18.2 Å². The van der Waals surface area contributed by atoms with Crippen LogP contribution in [-0.4, -0.2) is 20.9 Å². The maximum absolute atomic E-state index is 11.9. The molecule has 6 heteroatoms. The molecule has 3 rings (SSSR count). The third-order valence-corrected chi connectivity index (χ3v) is 2.47. The van der Waals surface area contributed by atoms with Crippen LogP contribution in [0.5, 0.6) is 0 Å². The number of aromatic nitrogens is 4. The second-order valence-electron chi connectivity index (χ2n) is 3.71. The summed E-state index contributed by atoms with van der Waals surface area (Å²) in [6.07, 6.45) is 3.26. The number of nitrogens with zero attached hydrogens (tertiary/aromatic N) is 2. The maximum atomic E-state index is 11.9. The molecule has 0 aliphatic rings. The summed E-state index contributed by atoms with van der Waals surface area (Å²) < 4.78 is 0. The Morgan fingerprint density at radius 1 is 1.28 bits per heavy atom. The number of amides is 1. The van der Waals surface area contributed by atoms with Gasteiger partial charge in [-0.05, 0) is 17.1 Å². The maximum Gasteiger partial charge on any atom is 0.296 e. The molecule has 3 N–H and O–H groups in total. The van der Waals surface area contributed by atoms with Crippen molar-refractivity contribution in [2.24, 2.45) is 0 Å². The first-order valence-electron chi connectivity index (χ1n) is 5.41. The Labute approximate surface area is 102 Å². The number of carbonyl (C=O) groups is 1. The first-order chi connectivity index (χ1) is 8.83. The highest BCUT2D eigenvalue weighted by molar-refractivity contribution is 6.03. The lowest BCUT2D eigenvalue weighted by Crippen LogP contribution is -2.12. The third-order valence-electron chi connectivity index (χ3n) is 2.47. The molecule has 0 atom stereocenters. The average Bonchev–Trinajstić information content (AvgIpc) is 2.82. The first kappa shape index (κ1) is 10.4. The van der Waals surface area contributed by atoms with Crippen molar-refractivity contribution in [3.8, 4) is 0 Å². The fourth-order valence-electron chi connectivity index (χ4n) is 1.62. The monoisotopic (exact) mass is 240 g/mol. The third kappa shape index (κ3) is 1.91. The summed E-state index contributed by atoms with van der Waals surface area (Å²) in [7, 11) is 0. The van der Waals surface area contributed by atoms with E-state index in [4.69, 9.17) is 0 Å². The van der Waals surface area contributed by atoms with E-state index < -0.39 is 0 Å². The summed E-state index contributed by atoms with van der Waals surface area (Å²) in [6, 6.07) is 8.96. The van der Waals surface area contributed by atoms with E-state index in [1.165, 1.54) is 6.33 Å². The van der Waals surface area contributed by atoms with Gasteiger partial charge in [-0.25, -0.2) is 4.98 Å². The van der Waals surface area contributed by atoms with Crippen molar-refractivity contribution in [3.63, 3.8) is 0 Å². The van der Waals surface area contributed by atoms with Gasteiger partial charge in [0.25, 0.3) is 17.9 Å². The SMILES string of the molecule is O=C(Nc1nc2nc[nH+]cc2[nH]1)c1ccccc1. The van der Waals surface area contributed by atoms with E-state index in [-0.39, 0.29) is 5.91 Å². The van der Waals surface area contributed by atoms with Crippen LogP contribution in [0.4, 0.5) is 5.95 Å². The highest BCUT2D eigenvalue weighted by Crippen LogP contribution is 2.10. The summed E-state index contributed by atoms with van der Waals surface area (Å²) in [5.74, 6) is 0.171. The fourth-order valence-corrected chi connectivity index (χ4v) is 1.62. The van der Waals surface area contributed by atoms with Crippen LogP contribution < -0.4 is 10.3 Å². The van der Waals surface area contributed by atoms with Gasteiger partial charge in [0.15, 0.2) is 5.52 Å². The Hall–Kier alpha value is -2.76. The normalized spacial score (nSPS) is 10.4. The second kappa shape index (κ2) is 4.25. The van der Waals surface area contributed by atoms with Crippen LogP contribution in [0, 0.1) is 0 Å². The van der Waals surface area contributed by atoms with Gasteiger partial charge in [0.05, 0.1) is 0 Å². The number of hydrogen-bond donors (Lipinski definition) is 2. The molecular formula is C12H10N5O+. The lowest BCUT2D eigenvalue weighted by molar-refractivity contribution is -0.380. The lowest BCUT2D eigenvalue weighted by Gasteiger charge is -2.00. The summed E-state index contributed by atoms with van der Waals surface area (Å²) >= 11 is 0. The molecule has 2 aromatic heterocycles. The molecule has 0 saturated heterocycles. The molecule has 0 aliphatic carbocycles. The van der Waals surface area contributed by atoms with E-state index in [9.17, 15) is 4.79 Å². The number of hydrogen-bond acceptors (Lipinski definition) is 3. The molecule has 1 aromatic carbocycles. The van der Waals surface area contributed by atoms with Crippen molar-refractivity contribution in [1.82, 2.24) is 15.0 Å². The molecule has 0 saturated carbocycles. The van der Waals surface area contributed by atoms with Crippen molar-refractivity contribution < 1.29 is 9.78 Å². The fraction of sp³-hybridized carbons (Fsp3) is 0. The van der Waals surface area contributed by atoms with E-state index in [0.717, 1.165) is 5.52 Å². The molecule has 0 aliphatic heterocycles. The molecule has 0 fully saturated rings. The van der Waals surface area contributed by atoms with Gasteiger partial charge in [-0.15, -0.1) is 0 Å². The lowest BCUT2D eigenvalue weighted by atomic mass is 10.2. The number of H-pyrrole nitrogens is 2. The molecule has 0 spiro atoms. The van der Waals surface area contributed by atoms with E-state index in [1.54, 1.807) is 18.3 Å². The minimum atomic E-state index is -0.210. The Morgan fingerprint density at radius 2 is 2.11 bits per heavy atom. The van der Waals surface area contributed by atoms with Gasteiger partial charge >= 0.3 is 0 Å². The van der Waals surface area contributed by atoms with Gasteiger partial charge in [-0.2, -0.15) is 4.98 Å². The number of anilines is 1. The quantitative estimate of drug-likeness (QED) is 0.701. The standard InChI is InChI=1S/C12H9N5O/c18-11(8-4-2-1-3-5-8)17-12-15-9-6-13-7-14-10(9)16-12/h1-7H,(H2,13,14,15,16,17,18)/p+1. The predicted octanol–water partition coefficient (Wildman–Crippen LogP) is 1.02. The summed E-state index contributed by atoms with van der Waals surface area (Å²) in [5.41, 5.74) is 1.87. The van der Waals surface area contributed by atoms with Gasteiger partial charge in [-0.3, -0.25) is 10.1 Å². The molecule has 0 bridgehead atoms. The van der Waals surface area contributed by atoms with Gasteiger partial charge < -0.3 is 4.98 Å². The van der Waals surface area contributed by atoms with Crippen molar-refractivity contribution >= 4 is 23.0 Å². The molecule has 6 nitrogen and oxygen atoms in total. The Balaban J connectivity index is 1.86. The van der Waals surface area contributed by atoms with Crippen molar-refractivity contribution in [3.05, 3.63) is 48.4 Å². The molecule has 18 heavy (non-hydrogen) atoms. The Bertz CT molecular complexity index is 659. The highest BCUT2D eigenvalue weighted by atomic mass is 16.1. The van der Waals surface area contributed by atoms with Crippen LogP contribution in [-0.2, 0) is 0 Å². The molecule has 88 valence electrons. The topological polar surface area (TPSA) is 84.8 Å². The van der Waals surface area contributed by atoms with Crippen LogP contribution in [0.2, 0.25) is 0 Å². The van der Waals surface area contributed by atoms with Gasteiger partial charge in [0.2, 0.25) is 5.95 Å². The summed E-state index contributed by atoms with van der Waals surface area (Å²) in [4.78, 5) is 25.9.